The minimum atomic E-state index is -0.258. The lowest BCUT2D eigenvalue weighted by Gasteiger charge is -2.05. The van der Waals surface area contributed by atoms with Crippen molar-refractivity contribution in [3.8, 4) is 5.88 Å². The summed E-state index contributed by atoms with van der Waals surface area (Å²) in [5.41, 5.74) is 2.66. The van der Waals surface area contributed by atoms with Gasteiger partial charge in [-0.25, -0.2) is 14.6 Å². The number of amides is 1. The molecule has 0 aliphatic rings. The Bertz CT molecular complexity index is 913. The Labute approximate surface area is 144 Å². The van der Waals surface area contributed by atoms with E-state index in [1.807, 2.05) is 26.8 Å². The third-order valence-electron chi connectivity index (χ3n) is 3.77. The van der Waals surface area contributed by atoms with Crippen molar-refractivity contribution in [2.45, 2.75) is 33.7 Å². The van der Waals surface area contributed by atoms with E-state index in [0.717, 1.165) is 34.5 Å². The van der Waals surface area contributed by atoms with Crippen LogP contribution in [-0.4, -0.2) is 42.5 Å². The van der Waals surface area contributed by atoms with Gasteiger partial charge in [0.2, 0.25) is 5.88 Å². The van der Waals surface area contributed by atoms with Gasteiger partial charge < -0.3 is 10.1 Å². The molecule has 0 spiro atoms. The largest absolute Gasteiger partial charge is 0.466 e. The van der Waals surface area contributed by atoms with Crippen molar-refractivity contribution in [1.82, 2.24) is 35.3 Å². The number of nitrogens with zero attached hydrogens (tertiary/aromatic N) is 5. The first-order valence-electron chi connectivity index (χ1n) is 8.08. The van der Waals surface area contributed by atoms with E-state index < -0.39 is 0 Å². The number of H-pyrrole nitrogens is 1. The Balaban J connectivity index is 1.63. The Morgan fingerprint density at radius 1 is 1.36 bits per heavy atom. The van der Waals surface area contributed by atoms with Crippen LogP contribution in [0.2, 0.25) is 0 Å². The van der Waals surface area contributed by atoms with Crippen LogP contribution in [-0.2, 0) is 24.8 Å². The smallest absolute Gasteiger partial charge is 0.258 e. The molecule has 0 fully saturated rings. The first kappa shape index (κ1) is 16.9. The summed E-state index contributed by atoms with van der Waals surface area (Å²) >= 11 is 0. The Hall–Kier alpha value is -2.97. The Morgan fingerprint density at radius 2 is 2.16 bits per heavy atom. The van der Waals surface area contributed by atoms with Crippen molar-refractivity contribution >= 4 is 16.9 Å². The average Bonchev–Trinajstić information content (AvgIpc) is 3.16. The fourth-order valence-electron chi connectivity index (χ4n) is 2.59. The third kappa shape index (κ3) is 3.59. The van der Waals surface area contributed by atoms with Crippen molar-refractivity contribution in [2.24, 2.45) is 7.05 Å². The summed E-state index contributed by atoms with van der Waals surface area (Å²) in [7, 11) is 1.80. The van der Waals surface area contributed by atoms with Gasteiger partial charge in [-0.2, -0.15) is 5.10 Å². The summed E-state index contributed by atoms with van der Waals surface area (Å²) in [4.78, 5) is 20.7. The minimum absolute atomic E-state index is 0.131. The molecular formula is C16H21N7O2. The summed E-state index contributed by atoms with van der Waals surface area (Å²) in [6.45, 7) is 6.02. The number of rotatable bonds is 6. The fraction of sp³-hybridized carbons (Fsp3) is 0.438. The maximum Gasteiger partial charge on any atom is 0.258 e. The van der Waals surface area contributed by atoms with Crippen molar-refractivity contribution in [3.05, 3.63) is 29.0 Å². The van der Waals surface area contributed by atoms with Crippen molar-refractivity contribution in [3.63, 3.8) is 0 Å². The monoisotopic (exact) mass is 343 g/mol. The van der Waals surface area contributed by atoms with Crippen molar-refractivity contribution in [1.29, 1.82) is 0 Å². The first-order valence-corrected chi connectivity index (χ1v) is 8.08. The maximum atomic E-state index is 12.0. The van der Waals surface area contributed by atoms with Crippen LogP contribution in [0.1, 0.15) is 29.8 Å². The molecule has 0 aromatic carbocycles. The molecular weight excluding hydrogens is 322 g/mol. The summed E-state index contributed by atoms with van der Waals surface area (Å²) in [5, 5.41) is 14.7. The number of hydrogen-bond donors (Lipinski definition) is 2. The molecule has 0 aliphatic carbocycles. The van der Waals surface area contributed by atoms with E-state index in [-0.39, 0.29) is 19.1 Å². The van der Waals surface area contributed by atoms with Crippen LogP contribution < -0.4 is 10.1 Å². The van der Waals surface area contributed by atoms with Crippen molar-refractivity contribution in [2.75, 3.05) is 6.61 Å². The molecule has 3 rings (SSSR count). The second-order valence-electron chi connectivity index (χ2n) is 5.83. The van der Waals surface area contributed by atoms with Gasteiger partial charge in [0.05, 0.1) is 11.9 Å². The number of hydrogen-bond acceptors (Lipinski definition) is 6. The van der Waals surface area contributed by atoms with E-state index in [9.17, 15) is 4.79 Å². The van der Waals surface area contributed by atoms with Gasteiger partial charge >= 0.3 is 0 Å². The molecule has 0 radical (unpaired) electrons. The SMILES string of the molecule is CCc1n[nH]c(CNC(=O)COc2nn(C)c3nc(C)cc(C)c23)n1. The molecule has 0 aliphatic heterocycles. The highest BCUT2D eigenvalue weighted by Crippen LogP contribution is 2.26. The van der Waals surface area contributed by atoms with Gasteiger partial charge in [-0.3, -0.25) is 9.89 Å². The molecule has 0 atom stereocenters. The van der Waals surface area contributed by atoms with E-state index in [1.54, 1.807) is 11.7 Å². The average molecular weight is 343 g/mol. The summed E-state index contributed by atoms with van der Waals surface area (Å²) in [5.74, 6) is 1.49. The molecule has 25 heavy (non-hydrogen) atoms. The van der Waals surface area contributed by atoms with Crippen LogP contribution in [0.3, 0.4) is 0 Å². The molecule has 132 valence electrons. The first-order chi connectivity index (χ1) is 12.0. The normalized spacial score (nSPS) is 11.0. The van der Waals surface area contributed by atoms with Gasteiger partial charge in [-0.1, -0.05) is 6.92 Å². The van der Waals surface area contributed by atoms with Crippen LogP contribution in [0.4, 0.5) is 0 Å². The lowest BCUT2D eigenvalue weighted by molar-refractivity contribution is -0.123. The van der Waals surface area contributed by atoms with E-state index >= 15 is 0 Å². The van der Waals surface area contributed by atoms with Crippen LogP contribution in [0.15, 0.2) is 6.07 Å². The number of carbonyl (C=O) groups is 1. The molecule has 9 nitrogen and oxygen atoms in total. The summed E-state index contributed by atoms with van der Waals surface area (Å²) in [6.07, 6.45) is 0.743. The lowest BCUT2D eigenvalue weighted by atomic mass is 10.2. The number of pyridine rings is 1. The molecule has 1 amide bonds. The highest BCUT2D eigenvalue weighted by Gasteiger charge is 2.15. The molecule has 3 aromatic rings. The number of fused-ring (bicyclic) bond motifs is 1. The zero-order valence-corrected chi connectivity index (χ0v) is 14.8. The molecule has 0 saturated carbocycles. The predicted molar refractivity (Wildman–Crippen MR) is 91.1 cm³/mol. The predicted octanol–water partition coefficient (Wildman–Crippen LogP) is 0.961. The quantitative estimate of drug-likeness (QED) is 0.690. The Morgan fingerprint density at radius 3 is 2.88 bits per heavy atom. The third-order valence-corrected chi connectivity index (χ3v) is 3.77. The molecule has 0 saturated heterocycles. The number of carbonyl (C=O) groups excluding carboxylic acids is 1. The van der Waals surface area contributed by atoms with Gasteiger partial charge in [0.25, 0.3) is 5.91 Å². The molecule has 3 heterocycles. The maximum absolute atomic E-state index is 12.0. The van der Waals surface area contributed by atoms with Gasteiger partial charge in [-0.05, 0) is 25.5 Å². The zero-order valence-electron chi connectivity index (χ0n) is 14.8. The van der Waals surface area contributed by atoms with Crippen molar-refractivity contribution < 1.29 is 9.53 Å². The molecule has 9 heteroatoms. The molecule has 0 bridgehead atoms. The zero-order chi connectivity index (χ0) is 18.0. The highest BCUT2D eigenvalue weighted by atomic mass is 16.5. The fourth-order valence-corrected chi connectivity index (χ4v) is 2.59. The molecule has 2 N–H and O–H groups in total. The summed E-state index contributed by atoms with van der Waals surface area (Å²) < 4.78 is 7.26. The number of aromatic nitrogens is 6. The van der Waals surface area contributed by atoms with Crippen LogP contribution in [0.5, 0.6) is 5.88 Å². The van der Waals surface area contributed by atoms with E-state index in [1.165, 1.54) is 0 Å². The van der Waals surface area contributed by atoms with Gasteiger partial charge in [0.15, 0.2) is 18.1 Å². The number of nitrogens with one attached hydrogen (secondary N) is 2. The number of aromatic amines is 1. The van der Waals surface area contributed by atoms with Crippen LogP contribution in [0, 0.1) is 13.8 Å². The topological polar surface area (TPSA) is 111 Å². The van der Waals surface area contributed by atoms with Gasteiger partial charge in [0.1, 0.15) is 5.82 Å². The van der Waals surface area contributed by atoms with Crippen LogP contribution in [0.25, 0.3) is 11.0 Å². The second kappa shape index (κ2) is 6.88. The van der Waals surface area contributed by atoms with Gasteiger partial charge in [0, 0.05) is 19.2 Å². The summed E-state index contributed by atoms with van der Waals surface area (Å²) in [6, 6.07) is 1.96. The van der Waals surface area contributed by atoms with E-state index in [2.05, 4.69) is 30.6 Å². The van der Waals surface area contributed by atoms with E-state index in [0.29, 0.717) is 11.7 Å². The molecule has 0 unspecified atom stereocenters. The highest BCUT2D eigenvalue weighted by molar-refractivity contribution is 5.85. The lowest BCUT2D eigenvalue weighted by Crippen LogP contribution is -2.29. The molecule has 3 aromatic heterocycles. The Kier molecular flexibility index (Phi) is 4.64. The van der Waals surface area contributed by atoms with Gasteiger partial charge in [-0.15, -0.1) is 5.10 Å². The minimum Gasteiger partial charge on any atom is -0.466 e. The van der Waals surface area contributed by atoms with Crippen LogP contribution >= 0.6 is 0 Å². The number of ether oxygens (including phenoxy) is 1. The second-order valence-corrected chi connectivity index (χ2v) is 5.83. The van der Waals surface area contributed by atoms with E-state index in [4.69, 9.17) is 4.74 Å². The standard InChI is InChI=1S/C16H21N7O2/c1-5-11-19-12(21-20-11)7-17-13(24)8-25-16-14-9(2)6-10(3)18-15(14)23(4)22-16/h6H,5,7-8H2,1-4H3,(H,17,24)(H,19,20,21). The number of aryl methyl sites for hydroxylation is 4.